The number of nitrogens with two attached hydrogens (primary N) is 1. The molecule has 1 aliphatic heterocycles. The van der Waals surface area contributed by atoms with Crippen LogP contribution in [0.25, 0.3) is 11.2 Å². The van der Waals surface area contributed by atoms with E-state index in [-0.39, 0.29) is 11.6 Å². The number of imidazole rings is 1. The fourth-order valence-electron chi connectivity index (χ4n) is 3.11. The maximum absolute atomic E-state index is 10.4. The molecule has 4 rings (SSSR count). The van der Waals surface area contributed by atoms with Crippen molar-refractivity contribution in [2.75, 3.05) is 12.3 Å². The van der Waals surface area contributed by atoms with Crippen molar-refractivity contribution in [2.24, 2.45) is 0 Å². The van der Waals surface area contributed by atoms with E-state index in [0.717, 1.165) is 11.1 Å². The zero-order valence-electron chi connectivity index (χ0n) is 15.0. The Morgan fingerprint density at radius 1 is 1.14 bits per heavy atom. The number of fused-ring (bicyclic) bond motifs is 1. The molecule has 4 atom stereocenters. The number of hydrogen-bond acceptors (Lipinski definition) is 8. The van der Waals surface area contributed by atoms with E-state index in [9.17, 15) is 15.3 Å². The lowest BCUT2D eigenvalue weighted by molar-refractivity contribution is -0.0514. The first-order valence-corrected chi connectivity index (χ1v) is 8.69. The van der Waals surface area contributed by atoms with Crippen LogP contribution in [0.15, 0.2) is 30.6 Å². The van der Waals surface area contributed by atoms with E-state index in [1.165, 1.54) is 10.9 Å². The van der Waals surface area contributed by atoms with Crippen molar-refractivity contribution in [1.82, 2.24) is 19.5 Å². The van der Waals surface area contributed by atoms with Gasteiger partial charge < -0.3 is 25.8 Å². The normalized spacial score (nSPS) is 24.3. The van der Waals surface area contributed by atoms with Crippen LogP contribution >= 0.6 is 0 Å². The van der Waals surface area contributed by atoms with Crippen LogP contribution in [0.5, 0.6) is 0 Å². The van der Waals surface area contributed by atoms with Gasteiger partial charge in [-0.25, -0.2) is 15.0 Å². The number of rotatable bonds is 2. The first-order valence-electron chi connectivity index (χ1n) is 8.69. The highest BCUT2D eigenvalue weighted by molar-refractivity contribution is 5.82. The fourth-order valence-corrected chi connectivity index (χ4v) is 3.11. The summed E-state index contributed by atoms with van der Waals surface area (Å²) >= 11 is 0. The molecule has 3 heterocycles. The predicted molar refractivity (Wildman–Crippen MR) is 99.9 cm³/mol. The molecule has 1 aromatic carbocycles. The summed E-state index contributed by atoms with van der Waals surface area (Å²) in [5, 5.41) is 29.9. The number of nitrogen functional groups attached to an aromatic ring is 1. The predicted octanol–water partition coefficient (Wildman–Crippen LogP) is -0.272. The third-order valence-corrected chi connectivity index (χ3v) is 4.65. The second-order valence-electron chi connectivity index (χ2n) is 6.58. The van der Waals surface area contributed by atoms with Crippen molar-refractivity contribution in [1.29, 1.82) is 0 Å². The minimum atomic E-state index is -1.30. The van der Waals surface area contributed by atoms with Crippen LogP contribution in [-0.2, 0) is 4.74 Å². The summed E-state index contributed by atoms with van der Waals surface area (Å²) in [4.78, 5) is 12.5. The van der Waals surface area contributed by atoms with Gasteiger partial charge in [0.1, 0.15) is 24.6 Å². The highest BCUT2D eigenvalue weighted by Gasteiger charge is 2.44. The average molecular weight is 381 g/mol. The molecule has 0 spiro atoms. The molecule has 28 heavy (non-hydrogen) atoms. The van der Waals surface area contributed by atoms with Crippen LogP contribution in [0.4, 0.5) is 5.82 Å². The molecule has 3 aromatic rings. The van der Waals surface area contributed by atoms with Crippen LogP contribution in [-0.4, -0.2) is 59.8 Å². The smallest absolute Gasteiger partial charge is 0.190 e. The summed E-state index contributed by atoms with van der Waals surface area (Å²) in [6.07, 6.45) is -3.26. The fraction of sp³-hybridized carbons (Fsp3) is 0.316. The monoisotopic (exact) mass is 381 g/mol. The molecule has 0 amide bonds. The highest BCUT2D eigenvalue weighted by Crippen LogP contribution is 2.33. The molecule has 0 aliphatic carbocycles. The van der Waals surface area contributed by atoms with Crippen LogP contribution in [0.1, 0.15) is 23.2 Å². The minimum absolute atomic E-state index is 0.161. The Kier molecular flexibility index (Phi) is 4.70. The van der Waals surface area contributed by atoms with Gasteiger partial charge in [-0.05, 0) is 25.0 Å². The van der Waals surface area contributed by atoms with Crippen LogP contribution in [0.2, 0.25) is 0 Å². The number of aromatic nitrogens is 4. The Morgan fingerprint density at radius 2 is 1.89 bits per heavy atom. The van der Waals surface area contributed by atoms with E-state index in [0.29, 0.717) is 11.2 Å². The van der Waals surface area contributed by atoms with E-state index in [2.05, 4.69) is 26.8 Å². The second-order valence-corrected chi connectivity index (χ2v) is 6.58. The maximum Gasteiger partial charge on any atom is 0.190 e. The molecule has 1 saturated heterocycles. The quantitative estimate of drug-likeness (QED) is 0.445. The molecule has 2 aromatic heterocycles. The van der Waals surface area contributed by atoms with E-state index >= 15 is 0 Å². The number of aliphatic hydroxyl groups excluding tert-OH is 3. The zero-order chi connectivity index (χ0) is 19.8. The van der Waals surface area contributed by atoms with Gasteiger partial charge in [-0.1, -0.05) is 23.6 Å². The van der Waals surface area contributed by atoms with Gasteiger partial charge in [0, 0.05) is 5.56 Å². The lowest BCUT2D eigenvalue weighted by Gasteiger charge is -2.17. The zero-order valence-corrected chi connectivity index (χ0v) is 15.0. The molecule has 144 valence electrons. The third kappa shape index (κ3) is 3.08. The Balaban J connectivity index is 1.84. The molecule has 1 fully saturated rings. The van der Waals surface area contributed by atoms with Crippen LogP contribution < -0.4 is 5.73 Å². The molecular weight excluding hydrogens is 362 g/mol. The van der Waals surface area contributed by atoms with Crippen molar-refractivity contribution < 1.29 is 20.1 Å². The van der Waals surface area contributed by atoms with Crippen molar-refractivity contribution in [2.45, 2.75) is 31.5 Å². The topological polar surface area (TPSA) is 140 Å². The van der Waals surface area contributed by atoms with Gasteiger partial charge in [0.15, 0.2) is 29.0 Å². The summed E-state index contributed by atoms with van der Waals surface area (Å²) in [5.41, 5.74) is 8.44. The summed E-state index contributed by atoms with van der Waals surface area (Å²) in [6.45, 7) is 1.54. The van der Waals surface area contributed by atoms with Gasteiger partial charge in [-0.2, -0.15) is 0 Å². The summed E-state index contributed by atoms with van der Waals surface area (Å²) < 4.78 is 7.11. The number of benzene rings is 1. The van der Waals surface area contributed by atoms with Crippen molar-refractivity contribution >= 4 is 17.0 Å². The van der Waals surface area contributed by atoms with E-state index < -0.39 is 31.1 Å². The second kappa shape index (κ2) is 7.18. The molecule has 9 heteroatoms. The van der Waals surface area contributed by atoms with Gasteiger partial charge in [0.25, 0.3) is 0 Å². The highest BCUT2D eigenvalue weighted by atomic mass is 16.6. The van der Waals surface area contributed by atoms with Crippen molar-refractivity contribution in [3.63, 3.8) is 0 Å². The van der Waals surface area contributed by atoms with Crippen LogP contribution in [0.3, 0.4) is 0 Å². The summed E-state index contributed by atoms with van der Waals surface area (Å²) in [5.74, 6) is 6.38. The van der Waals surface area contributed by atoms with E-state index in [1.807, 2.05) is 31.2 Å². The van der Waals surface area contributed by atoms with Gasteiger partial charge in [0.05, 0.1) is 6.61 Å². The number of anilines is 1. The van der Waals surface area contributed by atoms with Crippen LogP contribution in [0, 0.1) is 18.8 Å². The van der Waals surface area contributed by atoms with Gasteiger partial charge in [0.2, 0.25) is 0 Å². The molecule has 1 aliphatic rings. The van der Waals surface area contributed by atoms with Gasteiger partial charge >= 0.3 is 0 Å². The molecule has 5 N–H and O–H groups in total. The van der Waals surface area contributed by atoms with Gasteiger partial charge in [-0.3, -0.25) is 4.57 Å². The largest absolute Gasteiger partial charge is 0.394 e. The number of hydrogen-bond donors (Lipinski definition) is 4. The molecular formula is C19H19N5O4. The first kappa shape index (κ1) is 18.3. The minimum Gasteiger partial charge on any atom is -0.394 e. The molecule has 9 nitrogen and oxygen atoms in total. The Hall–Kier alpha value is -3.03. The standard InChI is InChI=1S/C19H19N5O4/c1-10-2-4-11(5-3-10)6-7-13-23-14-17(20)21-9-22-18(14)24(13)19-16(27)15(26)12(8-25)28-19/h2-5,9,12,15-16,19,25-27H,8H2,1H3,(H2,20,21,22)/t12-,15?,16?,19-/m1/s1. The molecule has 0 bridgehead atoms. The van der Waals surface area contributed by atoms with Crippen molar-refractivity contribution in [3.8, 4) is 11.8 Å². The molecule has 0 saturated carbocycles. The van der Waals surface area contributed by atoms with E-state index in [4.69, 9.17) is 10.5 Å². The number of nitrogens with zero attached hydrogens (tertiary/aromatic N) is 4. The SMILES string of the molecule is Cc1ccc(C#Cc2nc3c(N)ncnc3n2[C@@H]2O[C@H](CO)C(O)C2O)cc1. The first-order chi connectivity index (χ1) is 13.5. The lowest BCUT2D eigenvalue weighted by Crippen LogP contribution is -2.33. The number of aliphatic hydroxyl groups is 3. The Labute approximate surface area is 160 Å². The Morgan fingerprint density at radius 3 is 2.57 bits per heavy atom. The molecule has 2 unspecified atom stereocenters. The number of ether oxygens (including phenoxy) is 1. The van der Waals surface area contributed by atoms with Crippen molar-refractivity contribution in [3.05, 3.63) is 47.5 Å². The Bertz CT molecular complexity index is 1070. The summed E-state index contributed by atoms with van der Waals surface area (Å²) in [7, 11) is 0. The maximum atomic E-state index is 10.4. The summed E-state index contributed by atoms with van der Waals surface area (Å²) in [6, 6.07) is 7.66. The number of aryl methyl sites for hydroxylation is 1. The lowest BCUT2D eigenvalue weighted by atomic mass is 10.1. The molecule has 0 radical (unpaired) electrons. The average Bonchev–Trinajstić information content (AvgIpc) is 3.20. The third-order valence-electron chi connectivity index (χ3n) is 4.65. The van der Waals surface area contributed by atoms with E-state index in [1.54, 1.807) is 0 Å². The van der Waals surface area contributed by atoms with Gasteiger partial charge in [-0.15, -0.1) is 0 Å².